The molecule has 2 nitrogen and oxygen atoms in total. The van der Waals surface area contributed by atoms with E-state index in [-0.39, 0.29) is 0 Å². The third kappa shape index (κ3) is 3.72. The highest BCUT2D eigenvalue weighted by molar-refractivity contribution is 4.90. The molecule has 1 N–H and O–H groups in total. The number of nitrogens with one attached hydrogen (secondary N) is 1. The van der Waals surface area contributed by atoms with Gasteiger partial charge in [0.25, 0.3) is 0 Å². The summed E-state index contributed by atoms with van der Waals surface area (Å²) in [5.74, 6) is 0.928. The van der Waals surface area contributed by atoms with Crippen LogP contribution in [0.1, 0.15) is 65.2 Å². The number of hydrogen-bond acceptors (Lipinski definition) is 2. The van der Waals surface area contributed by atoms with Crippen molar-refractivity contribution in [3.05, 3.63) is 0 Å². The van der Waals surface area contributed by atoms with Gasteiger partial charge in [-0.25, -0.2) is 0 Å². The zero-order valence-electron chi connectivity index (χ0n) is 13.4. The van der Waals surface area contributed by atoms with Crippen molar-refractivity contribution < 1.29 is 0 Å². The Balaban J connectivity index is 1.85. The number of nitrogens with zero attached hydrogens (tertiary/aromatic N) is 1. The van der Waals surface area contributed by atoms with Gasteiger partial charge in [-0.15, -0.1) is 0 Å². The first-order valence-electron chi connectivity index (χ1n) is 8.62. The molecule has 0 aromatic heterocycles. The van der Waals surface area contributed by atoms with Crippen LogP contribution in [-0.2, 0) is 0 Å². The second kappa shape index (κ2) is 7.08. The van der Waals surface area contributed by atoms with Crippen LogP contribution in [0.4, 0.5) is 0 Å². The van der Waals surface area contributed by atoms with Gasteiger partial charge in [0.15, 0.2) is 0 Å². The van der Waals surface area contributed by atoms with E-state index in [1.807, 2.05) is 0 Å². The maximum atomic E-state index is 3.62. The summed E-state index contributed by atoms with van der Waals surface area (Å²) in [6.07, 6.45) is 11.4. The fourth-order valence-electron chi connectivity index (χ4n) is 4.30. The minimum absolute atomic E-state index is 0.630. The van der Waals surface area contributed by atoms with Crippen LogP contribution in [0.3, 0.4) is 0 Å². The number of likely N-dealkylation sites (tertiary alicyclic amines) is 1. The molecule has 112 valence electrons. The third-order valence-corrected chi connectivity index (χ3v) is 6.06. The molecule has 1 aliphatic carbocycles. The summed E-state index contributed by atoms with van der Waals surface area (Å²) in [5, 5.41) is 3.62. The van der Waals surface area contributed by atoms with Gasteiger partial charge in [0.05, 0.1) is 0 Å². The van der Waals surface area contributed by atoms with Crippen LogP contribution in [0, 0.1) is 11.3 Å². The predicted molar refractivity (Wildman–Crippen MR) is 83.5 cm³/mol. The van der Waals surface area contributed by atoms with Gasteiger partial charge in [-0.2, -0.15) is 0 Å². The third-order valence-electron chi connectivity index (χ3n) is 6.06. The van der Waals surface area contributed by atoms with Gasteiger partial charge >= 0.3 is 0 Å². The molecular formula is C17H34N2. The smallest absolute Gasteiger partial charge is 0.0220 e. The zero-order chi connectivity index (χ0) is 13.7. The predicted octanol–water partition coefficient (Wildman–Crippen LogP) is 3.67. The molecule has 19 heavy (non-hydrogen) atoms. The Morgan fingerprint density at radius 2 is 1.84 bits per heavy atom. The molecule has 0 radical (unpaired) electrons. The first-order chi connectivity index (χ1) is 9.23. The number of likely N-dealkylation sites (N-methyl/N-ethyl adjacent to an activating group) is 1. The SMILES string of the molecule is CCC1(CC)CCN(CC(NC)C2CCCCC2)C1. The van der Waals surface area contributed by atoms with Crippen molar-refractivity contribution in [1.29, 1.82) is 0 Å². The highest BCUT2D eigenvalue weighted by Gasteiger charge is 2.36. The van der Waals surface area contributed by atoms with Crippen molar-refractivity contribution >= 4 is 0 Å². The van der Waals surface area contributed by atoms with E-state index >= 15 is 0 Å². The Kier molecular flexibility index (Phi) is 5.70. The van der Waals surface area contributed by atoms with Crippen LogP contribution in [0.15, 0.2) is 0 Å². The summed E-state index contributed by atoms with van der Waals surface area (Å²) in [6, 6.07) is 0.727. The van der Waals surface area contributed by atoms with Gasteiger partial charge in [0, 0.05) is 19.1 Å². The average Bonchev–Trinajstić information content (AvgIpc) is 2.90. The summed E-state index contributed by atoms with van der Waals surface area (Å²) in [6.45, 7) is 8.70. The van der Waals surface area contributed by atoms with Gasteiger partial charge in [0.1, 0.15) is 0 Å². The lowest BCUT2D eigenvalue weighted by Gasteiger charge is -2.34. The van der Waals surface area contributed by atoms with Crippen molar-refractivity contribution in [2.75, 3.05) is 26.7 Å². The molecule has 0 aromatic rings. The van der Waals surface area contributed by atoms with E-state index in [1.54, 1.807) is 0 Å². The highest BCUT2D eigenvalue weighted by Crippen LogP contribution is 2.37. The minimum Gasteiger partial charge on any atom is -0.315 e. The Labute approximate surface area is 120 Å². The van der Waals surface area contributed by atoms with E-state index in [4.69, 9.17) is 0 Å². The lowest BCUT2D eigenvalue weighted by molar-refractivity contribution is 0.188. The number of rotatable bonds is 6. The van der Waals surface area contributed by atoms with E-state index in [2.05, 4.69) is 31.1 Å². The minimum atomic E-state index is 0.630. The van der Waals surface area contributed by atoms with Gasteiger partial charge < -0.3 is 10.2 Å². The summed E-state index contributed by atoms with van der Waals surface area (Å²) < 4.78 is 0. The van der Waals surface area contributed by atoms with E-state index in [0.29, 0.717) is 5.41 Å². The van der Waals surface area contributed by atoms with E-state index < -0.39 is 0 Å². The standard InChI is InChI=1S/C17H34N2/c1-4-17(5-2)11-12-19(14-17)13-16(18-3)15-9-7-6-8-10-15/h15-16,18H,4-14H2,1-3H3. The fraction of sp³-hybridized carbons (Fsp3) is 1.00. The van der Waals surface area contributed by atoms with Gasteiger partial charge in [-0.1, -0.05) is 33.1 Å². The van der Waals surface area contributed by atoms with Crippen LogP contribution in [-0.4, -0.2) is 37.6 Å². The Hall–Kier alpha value is -0.0800. The Morgan fingerprint density at radius 1 is 1.16 bits per heavy atom. The molecule has 1 unspecified atom stereocenters. The molecule has 1 atom stereocenters. The lowest BCUT2D eigenvalue weighted by atomic mass is 9.81. The largest absolute Gasteiger partial charge is 0.315 e. The molecule has 0 amide bonds. The molecule has 2 heteroatoms. The lowest BCUT2D eigenvalue weighted by Crippen LogP contribution is -2.44. The highest BCUT2D eigenvalue weighted by atomic mass is 15.2. The molecule has 2 rings (SSSR count). The van der Waals surface area contributed by atoms with Gasteiger partial charge in [-0.05, 0) is 57.0 Å². The summed E-state index contributed by atoms with van der Waals surface area (Å²) in [4.78, 5) is 2.74. The molecular weight excluding hydrogens is 232 g/mol. The monoisotopic (exact) mass is 266 g/mol. The fourth-order valence-corrected chi connectivity index (χ4v) is 4.30. The Bertz CT molecular complexity index is 254. The maximum Gasteiger partial charge on any atom is 0.0220 e. The normalized spacial score (nSPS) is 26.7. The molecule has 1 heterocycles. The summed E-state index contributed by atoms with van der Waals surface area (Å²) in [5.41, 5.74) is 0.630. The molecule has 1 saturated carbocycles. The molecule has 1 saturated heterocycles. The van der Waals surface area contributed by atoms with Crippen molar-refractivity contribution in [2.45, 2.75) is 71.3 Å². The zero-order valence-corrected chi connectivity index (χ0v) is 13.4. The van der Waals surface area contributed by atoms with Crippen LogP contribution >= 0.6 is 0 Å². The van der Waals surface area contributed by atoms with Crippen molar-refractivity contribution in [2.24, 2.45) is 11.3 Å². The van der Waals surface area contributed by atoms with Gasteiger partial charge in [-0.3, -0.25) is 0 Å². The van der Waals surface area contributed by atoms with Crippen LogP contribution in [0.5, 0.6) is 0 Å². The Morgan fingerprint density at radius 3 is 2.37 bits per heavy atom. The van der Waals surface area contributed by atoms with E-state index in [1.165, 1.54) is 71.0 Å². The molecule has 0 bridgehead atoms. The van der Waals surface area contributed by atoms with E-state index in [0.717, 1.165) is 12.0 Å². The van der Waals surface area contributed by atoms with Crippen LogP contribution in [0.2, 0.25) is 0 Å². The second-order valence-corrected chi connectivity index (χ2v) is 6.99. The molecule has 2 fully saturated rings. The topological polar surface area (TPSA) is 15.3 Å². The summed E-state index contributed by atoms with van der Waals surface area (Å²) >= 11 is 0. The van der Waals surface area contributed by atoms with Crippen molar-refractivity contribution in [3.8, 4) is 0 Å². The summed E-state index contributed by atoms with van der Waals surface area (Å²) in [7, 11) is 2.17. The first kappa shape index (κ1) is 15.3. The molecule has 0 aromatic carbocycles. The first-order valence-corrected chi connectivity index (χ1v) is 8.62. The van der Waals surface area contributed by atoms with Crippen LogP contribution < -0.4 is 5.32 Å². The second-order valence-electron chi connectivity index (χ2n) is 6.99. The van der Waals surface area contributed by atoms with Crippen molar-refractivity contribution in [1.82, 2.24) is 10.2 Å². The number of hydrogen-bond donors (Lipinski definition) is 1. The molecule has 0 spiro atoms. The molecule has 1 aliphatic heterocycles. The van der Waals surface area contributed by atoms with Crippen molar-refractivity contribution in [3.63, 3.8) is 0 Å². The maximum absolute atomic E-state index is 3.62. The quantitative estimate of drug-likeness (QED) is 0.789. The van der Waals surface area contributed by atoms with Gasteiger partial charge in [0.2, 0.25) is 0 Å². The van der Waals surface area contributed by atoms with E-state index in [9.17, 15) is 0 Å². The average molecular weight is 266 g/mol. The molecule has 2 aliphatic rings. The van der Waals surface area contributed by atoms with Crippen LogP contribution in [0.25, 0.3) is 0 Å².